The molecule has 3 unspecified atom stereocenters. The Morgan fingerprint density at radius 1 is 0.871 bits per heavy atom. The van der Waals surface area contributed by atoms with Gasteiger partial charge in [-0.25, -0.2) is 0 Å². The lowest BCUT2D eigenvalue weighted by molar-refractivity contribution is -0.118. The fraction of sp³-hybridized carbons (Fsp3) is 1.00. The van der Waals surface area contributed by atoms with Crippen LogP contribution in [0.2, 0.25) is 0 Å². The highest BCUT2D eigenvalue weighted by atomic mass is 32.9. The van der Waals surface area contributed by atoms with Gasteiger partial charge in [0.15, 0.2) is 0 Å². The van der Waals surface area contributed by atoms with Crippen molar-refractivity contribution in [1.29, 1.82) is 0 Å². The zero-order chi connectivity index (χ0) is 23.8. The van der Waals surface area contributed by atoms with E-state index in [4.69, 9.17) is 39.8 Å². The molecule has 184 valence electrons. The SMILES string of the molecule is C[C@@H]1O[C@H](COP(=S)(S)OC2[C@@H](COC(C)(C)C)O[C@@H](C)[C@H]2O)C(OC(C)(C)C)[C@@H]1O. The number of aliphatic hydroxyl groups is 2. The first-order valence-electron chi connectivity index (χ1n) is 10.6. The summed E-state index contributed by atoms with van der Waals surface area (Å²) >= 11 is 9.93. The van der Waals surface area contributed by atoms with E-state index >= 15 is 0 Å². The van der Waals surface area contributed by atoms with Crippen LogP contribution in [-0.2, 0) is 39.8 Å². The molecule has 8 nitrogen and oxygen atoms in total. The smallest absolute Gasteiger partial charge is 0.244 e. The van der Waals surface area contributed by atoms with Gasteiger partial charge in [-0.1, -0.05) is 12.2 Å². The molecule has 2 aliphatic heterocycles. The maximum absolute atomic E-state index is 10.5. The van der Waals surface area contributed by atoms with Crippen molar-refractivity contribution in [2.75, 3.05) is 13.2 Å². The first-order valence-corrected chi connectivity index (χ1v) is 14.4. The molecule has 2 aliphatic rings. The zero-order valence-electron chi connectivity index (χ0n) is 19.7. The average molecular weight is 503 g/mol. The van der Waals surface area contributed by atoms with E-state index < -0.39 is 60.1 Å². The van der Waals surface area contributed by atoms with Crippen LogP contribution in [0.15, 0.2) is 0 Å². The number of aliphatic hydroxyl groups excluding tert-OH is 2. The summed E-state index contributed by atoms with van der Waals surface area (Å²) in [6.07, 6.45) is -4.80. The lowest BCUT2D eigenvalue weighted by atomic mass is 10.1. The Morgan fingerprint density at radius 2 is 1.35 bits per heavy atom. The van der Waals surface area contributed by atoms with Gasteiger partial charge in [0.2, 0.25) is 5.69 Å². The van der Waals surface area contributed by atoms with Gasteiger partial charge >= 0.3 is 0 Å². The molecular weight excluding hydrogens is 463 g/mol. The van der Waals surface area contributed by atoms with Crippen LogP contribution in [0, 0.1) is 0 Å². The standard InChI is InChI=1S/C20H39O8PS2/c1-11-15(21)17(27-20(6,7)8)14(26-11)10-24-29(30,31)28-18-13(9-23-19(3,4)5)25-12(2)16(18)22/h11-18,21-22H,9-10H2,1-8H3,(H,30,31)/t11-,12-,13+,14+,15+,16+,17?,18?/m0/s1. The van der Waals surface area contributed by atoms with Gasteiger partial charge in [-0.3, -0.25) is 0 Å². The summed E-state index contributed by atoms with van der Waals surface area (Å²) in [5.41, 5.74) is -3.88. The topological polar surface area (TPSA) is 95.8 Å². The van der Waals surface area contributed by atoms with Gasteiger partial charge in [0.05, 0.1) is 36.6 Å². The first kappa shape index (κ1) is 27.9. The van der Waals surface area contributed by atoms with Gasteiger partial charge in [0.25, 0.3) is 0 Å². The Morgan fingerprint density at radius 3 is 1.84 bits per heavy atom. The molecule has 2 saturated heterocycles. The van der Waals surface area contributed by atoms with E-state index in [0.717, 1.165) is 0 Å². The third-order valence-electron chi connectivity index (χ3n) is 4.97. The van der Waals surface area contributed by atoms with Gasteiger partial charge in [-0.2, -0.15) is 0 Å². The van der Waals surface area contributed by atoms with Crippen LogP contribution in [0.3, 0.4) is 0 Å². The molecule has 2 fully saturated rings. The van der Waals surface area contributed by atoms with Crippen molar-refractivity contribution in [2.45, 2.75) is 115 Å². The first-order chi connectivity index (χ1) is 14.0. The Balaban J connectivity index is 2.00. The van der Waals surface area contributed by atoms with E-state index in [1.165, 1.54) is 0 Å². The molecule has 0 saturated carbocycles. The number of rotatable bonds is 8. The van der Waals surface area contributed by atoms with E-state index in [9.17, 15) is 10.2 Å². The molecule has 0 aromatic heterocycles. The van der Waals surface area contributed by atoms with Crippen LogP contribution in [-0.4, -0.2) is 83.5 Å². The van der Waals surface area contributed by atoms with Gasteiger partial charge in [0.1, 0.15) is 36.6 Å². The zero-order valence-corrected chi connectivity index (χ0v) is 22.3. The summed E-state index contributed by atoms with van der Waals surface area (Å²) in [5, 5.41) is 21.0. The second-order valence-electron chi connectivity index (χ2n) is 10.2. The van der Waals surface area contributed by atoms with Gasteiger partial charge < -0.3 is 38.2 Å². The molecule has 2 N–H and O–H groups in total. The van der Waals surface area contributed by atoms with E-state index in [1.54, 1.807) is 13.8 Å². The molecule has 0 spiro atoms. The highest BCUT2D eigenvalue weighted by molar-refractivity contribution is 8.60. The van der Waals surface area contributed by atoms with Crippen LogP contribution in [0.4, 0.5) is 0 Å². The molecule has 9 atom stereocenters. The molecule has 0 bridgehead atoms. The van der Waals surface area contributed by atoms with Crippen molar-refractivity contribution < 1.29 is 38.2 Å². The summed E-state index contributed by atoms with van der Waals surface area (Å²) in [5.74, 6) is 0. The Kier molecular flexibility index (Phi) is 9.48. The van der Waals surface area contributed by atoms with Crippen LogP contribution in [0.25, 0.3) is 0 Å². The van der Waals surface area contributed by atoms with Gasteiger partial charge in [0, 0.05) is 0 Å². The molecule has 0 aromatic rings. The minimum absolute atomic E-state index is 0.0469. The van der Waals surface area contributed by atoms with Crippen molar-refractivity contribution in [3.63, 3.8) is 0 Å². The van der Waals surface area contributed by atoms with Crippen LogP contribution < -0.4 is 0 Å². The fourth-order valence-electron chi connectivity index (χ4n) is 3.48. The maximum atomic E-state index is 10.5. The largest absolute Gasteiger partial charge is 0.388 e. The average Bonchev–Trinajstić information content (AvgIpc) is 3.01. The molecule has 2 heterocycles. The quantitative estimate of drug-likeness (QED) is 0.342. The Hall–Kier alpha value is 0.680. The number of hydrogen-bond acceptors (Lipinski definition) is 9. The fourth-order valence-corrected chi connectivity index (χ4v) is 5.45. The highest BCUT2D eigenvalue weighted by Gasteiger charge is 2.47. The summed E-state index contributed by atoms with van der Waals surface area (Å²) in [6.45, 7) is 15.4. The second kappa shape index (κ2) is 10.5. The molecule has 0 aromatic carbocycles. The minimum atomic E-state index is -3.06. The van der Waals surface area contributed by atoms with Crippen LogP contribution >= 0.6 is 17.9 Å². The molecule has 31 heavy (non-hydrogen) atoms. The van der Waals surface area contributed by atoms with Crippen molar-refractivity contribution in [3.8, 4) is 0 Å². The van der Waals surface area contributed by atoms with Crippen LogP contribution in [0.1, 0.15) is 55.4 Å². The normalized spacial score (nSPS) is 39.1. The Labute approximate surface area is 196 Å². The summed E-state index contributed by atoms with van der Waals surface area (Å²) in [7, 11) is 0. The lowest BCUT2D eigenvalue weighted by Crippen LogP contribution is -2.42. The van der Waals surface area contributed by atoms with E-state index in [-0.39, 0.29) is 18.8 Å². The second-order valence-corrected chi connectivity index (χ2v) is 15.4. The van der Waals surface area contributed by atoms with Crippen molar-refractivity contribution in [3.05, 3.63) is 0 Å². The monoisotopic (exact) mass is 502 g/mol. The van der Waals surface area contributed by atoms with Crippen molar-refractivity contribution >= 4 is 29.7 Å². The predicted molar refractivity (Wildman–Crippen MR) is 125 cm³/mol. The number of hydrogen-bond donors (Lipinski definition) is 3. The molecule has 11 heteroatoms. The van der Waals surface area contributed by atoms with Crippen LogP contribution in [0.5, 0.6) is 0 Å². The van der Waals surface area contributed by atoms with Gasteiger partial charge in [-0.15, -0.1) is 0 Å². The maximum Gasteiger partial charge on any atom is 0.244 e. The van der Waals surface area contributed by atoms with Crippen molar-refractivity contribution in [2.24, 2.45) is 0 Å². The summed E-state index contributed by atoms with van der Waals surface area (Å²) in [6, 6.07) is 0. The Bertz CT molecular complexity index is 638. The number of ether oxygens (including phenoxy) is 4. The van der Waals surface area contributed by atoms with Gasteiger partial charge in [-0.05, 0) is 67.2 Å². The molecule has 0 amide bonds. The minimum Gasteiger partial charge on any atom is -0.388 e. The molecule has 0 aliphatic carbocycles. The molecular formula is C20H39O8PS2. The third kappa shape index (κ3) is 8.44. The molecule has 2 rings (SSSR count). The molecule has 0 radical (unpaired) electrons. The highest BCUT2D eigenvalue weighted by Crippen LogP contribution is 2.56. The summed E-state index contributed by atoms with van der Waals surface area (Å²) in [4.78, 5) is 0. The summed E-state index contributed by atoms with van der Waals surface area (Å²) < 4.78 is 35.2. The van der Waals surface area contributed by atoms with E-state index in [0.29, 0.717) is 0 Å². The third-order valence-corrected chi connectivity index (χ3v) is 7.16. The van der Waals surface area contributed by atoms with E-state index in [1.807, 2.05) is 41.5 Å². The van der Waals surface area contributed by atoms with Crippen molar-refractivity contribution in [1.82, 2.24) is 0 Å². The lowest BCUT2D eigenvalue weighted by Gasteiger charge is -2.31. The number of thiol groups is 1. The predicted octanol–water partition coefficient (Wildman–Crippen LogP) is 2.84. The van der Waals surface area contributed by atoms with E-state index in [2.05, 4.69) is 12.2 Å².